The van der Waals surface area contributed by atoms with Crippen LogP contribution in [0.4, 0.5) is 0 Å². The molecule has 0 spiro atoms. The lowest BCUT2D eigenvalue weighted by molar-refractivity contribution is -0.137. The van der Waals surface area contributed by atoms with Gasteiger partial charge in [-0.2, -0.15) is 0 Å². The van der Waals surface area contributed by atoms with E-state index >= 15 is 0 Å². The molecular weight excluding hydrogens is 340 g/mol. The van der Waals surface area contributed by atoms with Gasteiger partial charge in [0, 0.05) is 37.0 Å². The van der Waals surface area contributed by atoms with Crippen molar-refractivity contribution in [1.29, 1.82) is 0 Å². The number of hydrogen-bond acceptors (Lipinski definition) is 3. The Kier molecular flexibility index (Phi) is 7.26. The molecule has 1 fully saturated rings. The smallest absolute Gasteiger partial charge is 0.303 e. The maximum Gasteiger partial charge on any atom is 0.303 e. The van der Waals surface area contributed by atoms with E-state index in [1.54, 1.807) is 0 Å². The summed E-state index contributed by atoms with van der Waals surface area (Å²) in [6.45, 7) is 1.38. The highest BCUT2D eigenvalue weighted by molar-refractivity contribution is 6.30. The molecule has 0 bridgehead atoms. The SMILES string of the molecule is CN(C)[C@@H]1CCN(C(=O)CCc2cccc(Cl)c2)C[C@@H]1CCC(=O)O. The van der Waals surface area contributed by atoms with Gasteiger partial charge in [0.05, 0.1) is 0 Å². The van der Waals surface area contributed by atoms with Gasteiger partial charge >= 0.3 is 5.97 Å². The fourth-order valence-corrected chi connectivity index (χ4v) is 3.83. The van der Waals surface area contributed by atoms with Crippen LogP contribution in [0.5, 0.6) is 0 Å². The lowest BCUT2D eigenvalue weighted by Gasteiger charge is -2.41. The minimum absolute atomic E-state index is 0.137. The van der Waals surface area contributed by atoms with E-state index in [1.807, 2.05) is 43.3 Å². The molecule has 1 saturated heterocycles. The molecule has 6 heteroatoms. The molecule has 2 atom stereocenters. The zero-order valence-electron chi connectivity index (χ0n) is 14.9. The van der Waals surface area contributed by atoms with Gasteiger partial charge in [-0.15, -0.1) is 0 Å². The minimum atomic E-state index is -0.776. The first kappa shape index (κ1) is 19.7. The van der Waals surface area contributed by atoms with Crippen LogP contribution in [0.25, 0.3) is 0 Å². The Morgan fingerprint density at radius 2 is 2.08 bits per heavy atom. The molecule has 1 aliphatic rings. The van der Waals surface area contributed by atoms with E-state index in [0.29, 0.717) is 36.9 Å². The van der Waals surface area contributed by atoms with Crippen molar-refractivity contribution in [3.05, 3.63) is 34.9 Å². The standard InChI is InChI=1S/C19H27ClN2O3/c1-21(2)17-10-11-22(13-15(17)7-9-19(24)25)18(23)8-6-14-4-3-5-16(20)12-14/h3-5,12,15,17H,6-11,13H2,1-2H3,(H,24,25)/t15-,17+/m0/s1. The maximum absolute atomic E-state index is 12.6. The Balaban J connectivity index is 1.92. The van der Waals surface area contributed by atoms with Gasteiger partial charge in [0.25, 0.3) is 0 Å². The lowest BCUT2D eigenvalue weighted by Crippen LogP contribution is -2.50. The fourth-order valence-electron chi connectivity index (χ4n) is 3.62. The Morgan fingerprint density at radius 1 is 1.32 bits per heavy atom. The highest BCUT2D eigenvalue weighted by atomic mass is 35.5. The van der Waals surface area contributed by atoms with Crippen molar-refractivity contribution in [2.75, 3.05) is 27.2 Å². The van der Waals surface area contributed by atoms with Gasteiger partial charge < -0.3 is 14.9 Å². The van der Waals surface area contributed by atoms with E-state index in [9.17, 15) is 9.59 Å². The van der Waals surface area contributed by atoms with Crippen LogP contribution in [0.2, 0.25) is 5.02 Å². The summed E-state index contributed by atoms with van der Waals surface area (Å²) in [5, 5.41) is 9.66. The van der Waals surface area contributed by atoms with Gasteiger partial charge in [-0.3, -0.25) is 9.59 Å². The van der Waals surface area contributed by atoms with Gasteiger partial charge in [0.15, 0.2) is 0 Å². The van der Waals surface area contributed by atoms with Gasteiger partial charge in [-0.1, -0.05) is 23.7 Å². The predicted molar refractivity (Wildman–Crippen MR) is 98.8 cm³/mol. The van der Waals surface area contributed by atoms with Crippen molar-refractivity contribution in [2.45, 2.75) is 38.1 Å². The fraction of sp³-hybridized carbons (Fsp3) is 0.579. The summed E-state index contributed by atoms with van der Waals surface area (Å²) in [6, 6.07) is 7.92. The molecule has 1 aliphatic heterocycles. The number of hydrogen-bond donors (Lipinski definition) is 1. The van der Waals surface area contributed by atoms with E-state index in [4.69, 9.17) is 16.7 Å². The normalized spacial score (nSPS) is 20.7. The average Bonchev–Trinajstić information content (AvgIpc) is 2.57. The van der Waals surface area contributed by atoms with Crippen molar-refractivity contribution in [3.63, 3.8) is 0 Å². The van der Waals surface area contributed by atoms with Crippen LogP contribution in [-0.4, -0.2) is 60.0 Å². The van der Waals surface area contributed by atoms with Gasteiger partial charge in [-0.25, -0.2) is 0 Å². The Labute approximate surface area is 154 Å². The van der Waals surface area contributed by atoms with Gasteiger partial charge in [0.1, 0.15) is 0 Å². The molecule has 1 heterocycles. The van der Waals surface area contributed by atoms with E-state index in [-0.39, 0.29) is 18.2 Å². The summed E-state index contributed by atoms with van der Waals surface area (Å²) in [6.07, 6.45) is 2.78. The summed E-state index contributed by atoms with van der Waals surface area (Å²) in [5.41, 5.74) is 1.06. The Bertz CT molecular complexity index is 606. The molecular formula is C19H27ClN2O3. The summed E-state index contributed by atoms with van der Waals surface area (Å²) in [7, 11) is 4.05. The van der Waals surface area contributed by atoms with E-state index < -0.39 is 5.97 Å². The molecule has 0 aliphatic carbocycles. The van der Waals surface area contributed by atoms with Crippen molar-refractivity contribution >= 4 is 23.5 Å². The van der Waals surface area contributed by atoms with Crippen molar-refractivity contribution in [2.24, 2.45) is 5.92 Å². The second-order valence-corrected chi connectivity index (χ2v) is 7.42. The van der Waals surface area contributed by atoms with Crippen LogP contribution >= 0.6 is 11.6 Å². The summed E-state index contributed by atoms with van der Waals surface area (Å²) < 4.78 is 0. The van der Waals surface area contributed by atoms with Crippen molar-refractivity contribution < 1.29 is 14.7 Å². The quantitative estimate of drug-likeness (QED) is 0.806. The number of aliphatic carboxylic acids is 1. The number of piperidine rings is 1. The van der Waals surface area contributed by atoms with E-state index in [1.165, 1.54) is 0 Å². The number of halogens is 1. The van der Waals surface area contributed by atoms with Gasteiger partial charge in [0.2, 0.25) is 5.91 Å². The van der Waals surface area contributed by atoms with Crippen molar-refractivity contribution in [1.82, 2.24) is 9.80 Å². The second-order valence-electron chi connectivity index (χ2n) is 6.98. The minimum Gasteiger partial charge on any atom is -0.481 e. The number of benzene rings is 1. The molecule has 0 radical (unpaired) electrons. The molecule has 25 heavy (non-hydrogen) atoms. The summed E-state index contributed by atoms with van der Waals surface area (Å²) in [5.74, 6) is -0.436. The zero-order chi connectivity index (χ0) is 18.4. The third-order valence-electron chi connectivity index (χ3n) is 4.96. The van der Waals surface area contributed by atoms with E-state index in [0.717, 1.165) is 18.5 Å². The van der Waals surface area contributed by atoms with Crippen LogP contribution in [-0.2, 0) is 16.0 Å². The highest BCUT2D eigenvalue weighted by Crippen LogP contribution is 2.25. The summed E-state index contributed by atoms with van der Waals surface area (Å²) in [4.78, 5) is 27.5. The monoisotopic (exact) mass is 366 g/mol. The number of likely N-dealkylation sites (tertiary alicyclic amines) is 1. The molecule has 138 valence electrons. The zero-order valence-corrected chi connectivity index (χ0v) is 15.7. The molecule has 1 aromatic rings. The maximum atomic E-state index is 12.6. The van der Waals surface area contributed by atoms with Crippen LogP contribution in [0.1, 0.15) is 31.2 Å². The highest BCUT2D eigenvalue weighted by Gasteiger charge is 2.32. The summed E-state index contributed by atoms with van der Waals surface area (Å²) >= 11 is 5.99. The number of aryl methyl sites for hydroxylation is 1. The van der Waals surface area contributed by atoms with E-state index in [2.05, 4.69) is 4.90 Å². The topological polar surface area (TPSA) is 60.9 Å². The third kappa shape index (κ3) is 6.01. The van der Waals surface area contributed by atoms with Crippen LogP contribution < -0.4 is 0 Å². The first-order chi connectivity index (χ1) is 11.9. The van der Waals surface area contributed by atoms with Crippen molar-refractivity contribution in [3.8, 4) is 0 Å². The molecule has 1 amide bonds. The molecule has 0 aromatic heterocycles. The predicted octanol–water partition coefficient (Wildman–Crippen LogP) is 2.92. The van der Waals surface area contributed by atoms with Gasteiger partial charge in [-0.05, 0) is 57.0 Å². The van der Waals surface area contributed by atoms with Crippen LogP contribution in [0.3, 0.4) is 0 Å². The number of rotatable bonds is 7. The first-order valence-corrected chi connectivity index (χ1v) is 9.15. The number of carboxylic acid groups (broad SMARTS) is 1. The number of carboxylic acids is 1. The third-order valence-corrected chi connectivity index (χ3v) is 5.19. The molecule has 0 saturated carbocycles. The average molecular weight is 367 g/mol. The molecule has 0 unspecified atom stereocenters. The van der Waals surface area contributed by atoms with Crippen LogP contribution in [0, 0.1) is 5.92 Å². The number of carbonyl (C=O) groups excluding carboxylic acids is 1. The Hall–Kier alpha value is -1.59. The molecule has 2 rings (SSSR count). The Morgan fingerprint density at radius 3 is 2.72 bits per heavy atom. The molecule has 5 nitrogen and oxygen atoms in total. The first-order valence-electron chi connectivity index (χ1n) is 8.77. The molecule has 1 N–H and O–H groups in total. The number of amides is 1. The lowest BCUT2D eigenvalue weighted by atomic mass is 9.87. The van der Waals surface area contributed by atoms with Crippen LogP contribution in [0.15, 0.2) is 24.3 Å². The molecule has 1 aromatic carbocycles. The number of nitrogens with zero attached hydrogens (tertiary/aromatic N) is 2. The number of carbonyl (C=O) groups is 2. The second kappa shape index (κ2) is 9.20. The largest absolute Gasteiger partial charge is 0.481 e.